The first-order chi connectivity index (χ1) is 8.77. The number of ether oxygens (including phenoxy) is 2. The maximum absolute atomic E-state index is 12.2. The Kier molecular flexibility index (Phi) is 4.50. The first-order valence-corrected chi connectivity index (χ1v) is 6.32. The highest BCUT2D eigenvalue weighted by molar-refractivity contribution is 6.20. The Bertz CT molecular complexity index is 449. The van der Waals surface area contributed by atoms with Crippen molar-refractivity contribution in [3.8, 4) is 0 Å². The van der Waals surface area contributed by atoms with Crippen LogP contribution in [0.3, 0.4) is 0 Å². The molecule has 1 aliphatic rings. The second kappa shape index (κ2) is 5.55. The number of carbonyl (C=O) groups excluding carboxylic acids is 3. The number of Topliss-reactive ketones (excluding diaryl/α,β-unsaturated/α-hetero) is 2. The quantitative estimate of drug-likeness (QED) is 0.574. The zero-order valence-electron chi connectivity index (χ0n) is 12.0. The maximum atomic E-state index is 12.2. The lowest BCUT2D eigenvalue weighted by atomic mass is 9.82. The molecule has 0 heterocycles. The van der Waals surface area contributed by atoms with Crippen LogP contribution in [0, 0.1) is 5.92 Å². The van der Waals surface area contributed by atoms with Gasteiger partial charge in [-0.15, -0.1) is 0 Å². The van der Waals surface area contributed by atoms with Gasteiger partial charge in [0, 0.05) is 5.57 Å². The topological polar surface area (TPSA) is 69.7 Å². The van der Waals surface area contributed by atoms with E-state index in [4.69, 9.17) is 9.47 Å². The van der Waals surface area contributed by atoms with Gasteiger partial charge in [-0.2, -0.15) is 0 Å². The third-order valence-electron chi connectivity index (χ3n) is 3.61. The second-order valence-corrected chi connectivity index (χ2v) is 4.95. The van der Waals surface area contributed by atoms with E-state index in [2.05, 4.69) is 0 Å². The average Bonchev–Trinajstić information content (AvgIpc) is 2.39. The van der Waals surface area contributed by atoms with Gasteiger partial charge in [0.15, 0.2) is 5.78 Å². The molecule has 0 fully saturated rings. The van der Waals surface area contributed by atoms with Crippen molar-refractivity contribution in [1.29, 1.82) is 0 Å². The molecule has 0 amide bonds. The molecule has 0 aromatic heterocycles. The Labute approximate surface area is 112 Å². The van der Waals surface area contributed by atoms with Gasteiger partial charge in [-0.25, -0.2) is 0 Å². The Balaban J connectivity index is 3.05. The summed E-state index contributed by atoms with van der Waals surface area (Å²) in [4.78, 5) is 36.1. The summed E-state index contributed by atoms with van der Waals surface area (Å²) in [6.45, 7) is 6.47. The smallest absolute Gasteiger partial charge is 0.310 e. The normalized spacial score (nSPS) is 25.3. The molecular formula is C14H20O5. The fourth-order valence-electron chi connectivity index (χ4n) is 1.86. The van der Waals surface area contributed by atoms with Crippen LogP contribution < -0.4 is 0 Å². The molecule has 2 unspecified atom stereocenters. The lowest BCUT2D eigenvalue weighted by molar-refractivity contribution is -0.174. The molecule has 0 radical (unpaired) electrons. The Morgan fingerprint density at radius 3 is 2.47 bits per heavy atom. The van der Waals surface area contributed by atoms with Crippen LogP contribution in [0.2, 0.25) is 0 Å². The first-order valence-electron chi connectivity index (χ1n) is 6.32. The van der Waals surface area contributed by atoms with Gasteiger partial charge < -0.3 is 9.47 Å². The van der Waals surface area contributed by atoms with E-state index in [1.54, 1.807) is 13.8 Å². The summed E-state index contributed by atoms with van der Waals surface area (Å²) >= 11 is 0. The SMILES string of the molecule is CCC(C)C(=O)OC1(C)C(=O)CC(OC)=C(C)C1=O. The molecule has 0 bridgehead atoms. The first kappa shape index (κ1) is 15.4. The lowest BCUT2D eigenvalue weighted by Gasteiger charge is -2.32. The molecule has 19 heavy (non-hydrogen) atoms. The molecule has 1 rings (SSSR count). The number of hydrogen-bond donors (Lipinski definition) is 0. The molecule has 5 nitrogen and oxygen atoms in total. The Morgan fingerprint density at radius 2 is 2.00 bits per heavy atom. The highest BCUT2D eigenvalue weighted by atomic mass is 16.6. The summed E-state index contributed by atoms with van der Waals surface area (Å²) in [6.07, 6.45) is 0.563. The molecule has 0 aromatic carbocycles. The lowest BCUT2D eigenvalue weighted by Crippen LogP contribution is -2.51. The van der Waals surface area contributed by atoms with E-state index in [1.165, 1.54) is 14.0 Å². The number of hydrogen-bond acceptors (Lipinski definition) is 5. The monoisotopic (exact) mass is 268 g/mol. The summed E-state index contributed by atoms with van der Waals surface area (Å²) in [5.41, 5.74) is -1.38. The molecule has 0 saturated carbocycles. The molecule has 1 aliphatic carbocycles. The minimum absolute atomic E-state index is 0.0294. The molecule has 0 aliphatic heterocycles. The van der Waals surface area contributed by atoms with Gasteiger partial charge in [0.05, 0.1) is 19.4 Å². The van der Waals surface area contributed by atoms with E-state index < -0.39 is 23.1 Å². The molecule has 5 heteroatoms. The summed E-state index contributed by atoms with van der Waals surface area (Å²) in [7, 11) is 1.41. The molecule has 0 N–H and O–H groups in total. The Hall–Kier alpha value is -1.65. The zero-order chi connectivity index (χ0) is 14.8. The number of rotatable bonds is 4. The zero-order valence-corrected chi connectivity index (χ0v) is 12.0. The third-order valence-corrected chi connectivity index (χ3v) is 3.61. The van der Waals surface area contributed by atoms with Gasteiger partial charge in [0.1, 0.15) is 5.76 Å². The number of esters is 1. The van der Waals surface area contributed by atoms with Gasteiger partial charge in [0.25, 0.3) is 0 Å². The van der Waals surface area contributed by atoms with Crippen molar-refractivity contribution in [2.75, 3.05) is 7.11 Å². The molecule has 106 valence electrons. The number of carbonyl (C=O) groups is 3. The van der Waals surface area contributed by atoms with Gasteiger partial charge in [-0.1, -0.05) is 13.8 Å². The van der Waals surface area contributed by atoms with Crippen molar-refractivity contribution in [1.82, 2.24) is 0 Å². The highest BCUT2D eigenvalue weighted by Crippen LogP contribution is 2.30. The van der Waals surface area contributed by atoms with Crippen LogP contribution in [0.25, 0.3) is 0 Å². The number of ketones is 2. The standard InChI is InChI=1S/C14H20O5/c1-6-8(2)13(17)19-14(4)11(15)7-10(18-5)9(3)12(14)16/h8H,6-7H2,1-5H3. The van der Waals surface area contributed by atoms with Crippen LogP contribution in [0.1, 0.15) is 40.5 Å². The van der Waals surface area contributed by atoms with Crippen molar-refractivity contribution >= 4 is 17.5 Å². The van der Waals surface area contributed by atoms with Gasteiger partial charge >= 0.3 is 5.97 Å². The predicted molar refractivity (Wildman–Crippen MR) is 68.3 cm³/mol. The summed E-state index contributed by atoms with van der Waals surface area (Å²) in [5, 5.41) is 0. The van der Waals surface area contributed by atoms with Gasteiger partial charge in [0.2, 0.25) is 11.4 Å². The van der Waals surface area contributed by atoms with E-state index >= 15 is 0 Å². The molecule has 0 aromatic rings. The van der Waals surface area contributed by atoms with Crippen LogP contribution in [0.5, 0.6) is 0 Å². The van der Waals surface area contributed by atoms with Crippen LogP contribution in [0.4, 0.5) is 0 Å². The van der Waals surface area contributed by atoms with Crippen molar-refractivity contribution < 1.29 is 23.9 Å². The van der Waals surface area contributed by atoms with Crippen molar-refractivity contribution in [2.24, 2.45) is 5.92 Å². The van der Waals surface area contributed by atoms with E-state index in [-0.39, 0.29) is 12.3 Å². The Morgan fingerprint density at radius 1 is 1.42 bits per heavy atom. The van der Waals surface area contributed by atoms with Gasteiger partial charge in [-0.3, -0.25) is 14.4 Å². The van der Waals surface area contributed by atoms with Gasteiger partial charge in [-0.05, 0) is 20.3 Å². The fraction of sp³-hybridized carbons (Fsp3) is 0.643. The van der Waals surface area contributed by atoms with E-state index in [9.17, 15) is 14.4 Å². The molecule has 2 atom stereocenters. The molecule has 0 spiro atoms. The van der Waals surface area contributed by atoms with E-state index in [0.717, 1.165) is 0 Å². The largest absolute Gasteiger partial charge is 0.500 e. The minimum Gasteiger partial charge on any atom is -0.500 e. The van der Waals surface area contributed by atoms with Crippen molar-refractivity contribution in [3.63, 3.8) is 0 Å². The average molecular weight is 268 g/mol. The van der Waals surface area contributed by atoms with Crippen molar-refractivity contribution in [2.45, 2.75) is 46.1 Å². The number of allylic oxidation sites excluding steroid dienone is 1. The van der Waals surface area contributed by atoms with E-state index in [0.29, 0.717) is 17.8 Å². The maximum Gasteiger partial charge on any atom is 0.310 e. The predicted octanol–water partition coefficient (Wildman–Crippen LogP) is 1.80. The number of methoxy groups -OCH3 is 1. The van der Waals surface area contributed by atoms with Crippen LogP contribution in [-0.2, 0) is 23.9 Å². The third kappa shape index (κ3) is 2.69. The van der Waals surface area contributed by atoms with Crippen LogP contribution in [0.15, 0.2) is 11.3 Å². The van der Waals surface area contributed by atoms with Crippen LogP contribution >= 0.6 is 0 Å². The van der Waals surface area contributed by atoms with Crippen LogP contribution in [-0.4, -0.2) is 30.2 Å². The molecular weight excluding hydrogens is 248 g/mol. The molecule has 0 saturated heterocycles. The highest BCUT2D eigenvalue weighted by Gasteiger charge is 2.49. The summed E-state index contributed by atoms with van der Waals surface area (Å²) < 4.78 is 10.2. The van der Waals surface area contributed by atoms with E-state index in [1.807, 2.05) is 6.92 Å². The minimum atomic E-state index is -1.72. The fourth-order valence-corrected chi connectivity index (χ4v) is 1.86. The second-order valence-electron chi connectivity index (χ2n) is 4.95. The summed E-state index contributed by atoms with van der Waals surface area (Å²) in [6, 6.07) is 0. The summed E-state index contributed by atoms with van der Waals surface area (Å²) in [5.74, 6) is -1.48. The van der Waals surface area contributed by atoms with Crippen molar-refractivity contribution in [3.05, 3.63) is 11.3 Å².